The van der Waals surface area contributed by atoms with Crippen molar-refractivity contribution >= 4 is 33.3 Å². The Bertz CT molecular complexity index is 836. The van der Waals surface area contributed by atoms with Gasteiger partial charge in [-0.1, -0.05) is 59.1 Å². The van der Waals surface area contributed by atoms with Crippen LogP contribution in [0.3, 0.4) is 0 Å². The number of hydrogen-bond donors (Lipinski definition) is 1. The topological polar surface area (TPSA) is 32.6 Å². The number of phenols is 1. The molecule has 2 nitrogen and oxygen atoms in total. The van der Waals surface area contributed by atoms with E-state index in [1.165, 1.54) is 53.5 Å². The predicted octanol–water partition coefficient (Wildman–Crippen LogP) is 7.03. The third-order valence-corrected chi connectivity index (χ3v) is 6.06. The minimum absolute atomic E-state index is 0.377. The molecule has 0 spiro atoms. The Morgan fingerprint density at radius 3 is 2.54 bits per heavy atom. The summed E-state index contributed by atoms with van der Waals surface area (Å²) in [6, 6.07) is 14.7. The first kappa shape index (κ1) is 20.9. The van der Waals surface area contributed by atoms with Crippen LogP contribution in [0.2, 0.25) is 0 Å². The number of aliphatic imine (C=N–C) groups is 1. The highest BCUT2D eigenvalue weighted by Crippen LogP contribution is 2.39. The van der Waals surface area contributed by atoms with Crippen molar-refractivity contribution in [1.29, 1.82) is 0 Å². The largest absolute Gasteiger partial charge is 0.508 e. The lowest BCUT2D eigenvalue weighted by atomic mass is 9.89. The number of nitrogens with zero attached hydrogens (tertiary/aromatic N) is 1. The van der Waals surface area contributed by atoms with E-state index in [4.69, 9.17) is 0 Å². The van der Waals surface area contributed by atoms with Crippen LogP contribution in [0.4, 0.5) is 0 Å². The van der Waals surface area contributed by atoms with Crippen LogP contribution in [0.15, 0.2) is 47.5 Å². The molecule has 0 unspecified atom stereocenters. The van der Waals surface area contributed by atoms with Gasteiger partial charge in [-0.05, 0) is 84.1 Å². The van der Waals surface area contributed by atoms with Gasteiger partial charge in [-0.25, -0.2) is 0 Å². The van der Waals surface area contributed by atoms with Crippen LogP contribution in [0.1, 0.15) is 67.2 Å². The molecule has 0 amide bonds. The summed E-state index contributed by atoms with van der Waals surface area (Å²) in [6.45, 7) is 0. The van der Waals surface area contributed by atoms with Crippen molar-refractivity contribution in [3.05, 3.63) is 64.7 Å². The fraction of sp³-hybridized carbons (Fsp3) is 0.400. The molecule has 3 rings (SSSR count). The molecular formula is C25H30BrNO. The SMILES string of the molecule is CN=Cc1ccc(C2=C(CCCCCCBr)c3ccc(O)cc3CCC2)cc1. The van der Waals surface area contributed by atoms with Crippen LogP contribution < -0.4 is 0 Å². The first-order valence-corrected chi connectivity index (χ1v) is 11.5. The molecule has 1 aliphatic carbocycles. The minimum Gasteiger partial charge on any atom is -0.508 e. The van der Waals surface area contributed by atoms with Crippen LogP contribution >= 0.6 is 15.9 Å². The Morgan fingerprint density at radius 1 is 1.00 bits per heavy atom. The number of rotatable bonds is 8. The molecular weight excluding hydrogens is 410 g/mol. The lowest BCUT2D eigenvalue weighted by Crippen LogP contribution is -1.95. The number of hydrogen-bond acceptors (Lipinski definition) is 2. The monoisotopic (exact) mass is 439 g/mol. The minimum atomic E-state index is 0.377. The van der Waals surface area contributed by atoms with Crippen LogP contribution in [0, 0.1) is 0 Å². The second-order valence-electron chi connectivity index (χ2n) is 7.51. The van der Waals surface area contributed by atoms with Gasteiger partial charge in [-0.3, -0.25) is 4.99 Å². The third kappa shape index (κ3) is 5.35. The maximum atomic E-state index is 9.97. The lowest BCUT2D eigenvalue weighted by molar-refractivity contribution is 0.474. The average molecular weight is 440 g/mol. The molecule has 0 bridgehead atoms. The van der Waals surface area contributed by atoms with Crippen LogP contribution in [0.5, 0.6) is 5.75 Å². The molecule has 2 aromatic rings. The maximum Gasteiger partial charge on any atom is 0.115 e. The molecule has 1 N–H and O–H groups in total. The van der Waals surface area contributed by atoms with Gasteiger partial charge in [0, 0.05) is 18.6 Å². The van der Waals surface area contributed by atoms with Crippen LogP contribution in [-0.4, -0.2) is 23.7 Å². The van der Waals surface area contributed by atoms with Crippen LogP contribution in [-0.2, 0) is 6.42 Å². The summed E-state index contributed by atoms with van der Waals surface area (Å²) in [5.74, 6) is 0.377. The van der Waals surface area contributed by atoms with E-state index in [-0.39, 0.29) is 0 Å². The summed E-state index contributed by atoms with van der Waals surface area (Å²) < 4.78 is 0. The second-order valence-corrected chi connectivity index (χ2v) is 8.31. The summed E-state index contributed by atoms with van der Waals surface area (Å²) in [7, 11) is 1.81. The van der Waals surface area contributed by atoms with Crippen molar-refractivity contribution in [2.45, 2.75) is 51.4 Å². The number of phenolic OH excluding ortho intramolecular Hbond substituents is 1. The highest BCUT2D eigenvalue weighted by Gasteiger charge is 2.18. The van der Waals surface area contributed by atoms with E-state index in [0.717, 1.165) is 36.6 Å². The summed E-state index contributed by atoms with van der Waals surface area (Å²) >= 11 is 3.53. The van der Waals surface area contributed by atoms with Crippen molar-refractivity contribution in [3.63, 3.8) is 0 Å². The molecule has 0 radical (unpaired) electrons. The number of benzene rings is 2. The van der Waals surface area contributed by atoms with Crippen molar-refractivity contribution in [2.75, 3.05) is 12.4 Å². The van der Waals surface area contributed by atoms with Crippen LogP contribution in [0.25, 0.3) is 11.1 Å². The van der Waals surface area contributed by atoms with Gasteiger partial charge in [0.2, 0.25) is 0 Å². The number of halogens is 1. The molecule has 0 aliphatic heterocycles. The maximum absolute atomic E-state index is 9.97. The van der Waals surface area contributed by atoms with Gasteiger partial charge in [0.05, 0.1) is 0 Å². The zero-order chi connectivity index (χ0) is 19.8. The normalized spacial score (nSPS) is 14.4. The third-order valence-electron chi connectivity index (χ3n) is 5.50. The summed E-state index contributed by atoms with van der Waals surface area (Å²) in [4.78, 5) is 4.12. The second kappa shape index (κ2) is 10.6. The van der Waals surface area contributed by atoms with E-state index in [9.17, 15) is 5.11 Å². The summed E-state index contributed by atoms with van der Waals surface area (Å²) in [5.41, 5.74) is 8.05. The van der Waals surface area contributed by atoms with Crippen molar-refractivity contribution in [2.24, 2.45) is 4.99 Å². The zero-order valence-corrected chi connectivity index (χ0v) is 18.3. The molecule has 0 atom stereocenters. The van der Waals surface area contributed by atoms with Crippen molar-refractivity contribution < 1.29 is 5.11 Å². The number of aryl methyl sites for hydroxylation is 1. The Morgan fingerprint density at radius 2 is 1.79 bits per heavy atom. The van der Waals surface area contributed by atoms with Gasteiger partial charge >= 0.3 is 0 Å². The molecule has 1 aliphatic rings. The predicted molar refractivity (Wildman–Crippen MR) is 125 cm³/mol. The summed E-state index contributed by atoms with van der Waals surface area (Å²) in [5, 5.41) is 11.1. The van der Waals surface area contributed by atoms with E-state index in [2.05, 4.69) is 51.3 Å². The standard InChI is InChI=1S/C25H30BrNO/c1-27-18-19-10-12-20(13-11-19)23-9-6-7-21-17-22(28)14-15-24(21)25(23)8-4-2-3-5-16-26/h10-15,17-18,28H,2-9,16H2,1H3. The van der Waals surface area contributed by atoms with E-state index in [1.807, 2.05) is 25.4 Å². The molecule has 0 saturated carbocycles. The fourth-order valence-electron chi connectivity index (χ4n) is 4.12. The highest BCUT2D eigenvalue weighted by molar-refractivity contribution is 9.09. The van der Waals surface area contributed by atoms with Gasteiger partial charge in [0.15, 0.2) is 0 Å². The molecule has 3 heteroatoms. The van der Waals surface area contributed by atoms with E-state index in [0.29, 0.717) is 5.75 Å². The van der Waals surface area contributed by atoms with Gasteiger partial charge in [0.25, 0.3) is 0 Å². The van der Waals surface area contributed by atoms with Gasteiger partial charge < -0.3 is 5.11 Å². The fourth-order valence-corrected chi connectivity index (χ4v) is 4.52. The first-order valence-electron chi connectivity index (χ1n) is 10.4. The first-order chi connectivity index (χ1) is 13.7. The smallest absolute Gasteiger partial charge is 0.115 e. The number of alkyl halides is 1. The number of unbranched alkanes of at least 4 members (excludes halogenated alkanes) is 3. The Balaban J connectivity index is 1.96. The molecule has 0 aromatic heterocycles. The molecule has 148 valence electrons. The molecule has 0 fully saturated rings. The van der Waals surface area contributed by atoms with E-state index < -0.39 is 0 Å². The molecule has 0 heterocycles. The average Bonchev–Trinajstić information content (AvgIpc) is 2.88. The van der Waals surface area contributed by atoms with E-state index in [1.54, 1.807) is 0 Å². The Hall–Kier alpha value is -1.87. The zero-order valence-electron chi connectivity index (χ0n) is 16.8. The summed E-state index contributed by atoms with van der Waals surface area (Å²) in [6.07, 6.45) is 11.2. The number of fused-ring (bicyclic) bond motifs is 1. The number of allylic oxidation sites excluding steroid dienone is 2. The van der Waals surface area contributed by atoms with Crippen molar-refractivity contribution in [3.8, 4) is 5.75 Å². The number of aromatic hydroxyl groups is 1. The van der Waals surface area contributed by atoms with Crippen molar-refractivity contribution in [1.82, 2.24) is 0 Å². The Labute approximate surface area is 177 Å². The van der Waals surface area contributed by atoms with Gasteiger partial charge in [0.1, 0.15) is 5.75 Å². The highest BCUT2D eigenvalue weighted by atomic mass is 79.9. The lowest BCUT2D eigenvalue weighted by Gasteiger charge is -2.16. The molecule has 2 aromatic carbocycles. The Kier molecular flexibility index (Phi) is 7.90. The molecule has 0 saturated heterocycles. The van der Waals surface area contributed by atoms with Gasteiger partial charge in [-0.2, -0.15) is 0 Å². The molecule has 28 heavy (non-hydrogen) atoms. The quantitative estimate of drug-likeness (QED) is 0.267. The van der Waals surface area contributed by atoms with E-state index >= 15 is 0 Å². The van der Waals surface area contributed by atoms with Gasteiger partial charge in [-0.15, -0.1) is 0 Å².